The molecule has 1 heterocycles. The molecule has 4 unspecified atom stereocenters. The van der Waals surface area contributed by atoms with Crippen molar-refractivity contribution >= 4 is 5.97 Å². The third-order valence-corrected chi connectivity index (χ3v) is 3.37. The summed E-state index contributed by atoms with van der Waals surface area (Å²) in [7, 11) is 0. The van der Waals surface area contributed by atoms with Crippen LogP contribution < -0.4 is 0 Å². The molecule has 0 aromatic rings. The van der Waals surface area contributed by atoms with Crippen LogP contribution in [0.5, 0.6) is 0 Å². The highest BCUT2D eigenvalue weighted by Crippen LogP contribution is 2.41. The van der Waals surface area contributed by atoms with E-state index in [1.165, 1.54) is 12.8 Å². The summed E-state index contributed by atoms with van der Waals surface area (Å²) in [5.41, 5.74) is 0. The van der Waals surface area contributed by atoms with Crippen LogP contribution in [-0.4, -0.2) is 12.1 Å². The Balaban J connectivity index is 2.12. The van der Waals surface area contributed by atoms with Crippen molar-refractivity contribution in [2.24, 2.45) is 17.8 Å². The zero-order chi connectivity index (χ0) is 8.72. The van der Waals surface area contributed by atoms with E-state index in [-0.39, 0.29) is 18.0 Å². The summed E-state index contributed by atoms with van der Waals surface area (Å²) in [6.07, 6.45) is 3.67. The Bertz CT molecular complexity index is 200. The molecule has 0 amide bonds. The van der Waals surface area contributed by atoms with Crippen molar-refractivity contribution < 1.29 is 9.53 Å². The molecule has 0 radical (unpaired) electrons. The quantitative estimate of drug-likeness (QED) is 0.517. The second kappa shape index (κ2) is 2.75. The topological polar surface area (TPSA) is 26.3 Å². The molecule has 2 aliphatic rings. The Hall–Kier alpha value is -0.530. The lowest BCUT2D eigenvalue weighted by atomic mass is 9.74. The van der Waals surface area contributed by atoms with Crippen LogP contribution in [0.1, 0.15) is 33.1 Å². The van der Waals surface area contributed by atoms with E-state index in [1.54, 1.807) is 0 Å². The molecule has 0 spiro atoms. The van der Waals surface area contributed by atoms with Crippen molar-refractivity contribution in [1.82, 2.24) is 0 Å². The van der Waals surface area contributed by atoms with Gasteiger partial charge in [-0.1, -0.05) is 13.3 Å². The Morgan fingerprint density at radius 2 is 2.08 bits per heavy atom. The van der Waals surface area contributed by atoms with Crippen molar-refractivity contribution in [3.05, 3.63) is 0 Å². The molecule has 68 valence electrons. The molecule has 4 atom stereocenters. The molecule has 1 aliphatic carbocycles. The fourth-order valence-corrected chi connectivity index (χ4v) is 2.60. The van der Waals surface area contributed by atoms with Gasteiger partial charge in [0.15, 0.2) is 0 Å². The maximum absolute atomic E-state index is 11.3. The third kappa shape index (κ3) is 1.13. The molecule has 0 aromatic heterocycles. The summed E-state index contributed by atoms with van der Waals surface area (Å²) < 4.78 is 5.22. The molecule has 12 heavy (non-hydrogen) atoms. The number of rotatable bonds is 0. The summed E-state index contributed by atoms with van der Waals surface area (Å²) in [4.78, 5) is 11.3. The van der Waals surface area contributed by atoms with Gasteiger partial charge in [0, 0.05) is 5.92 Å². The lowest BCUT2D eigenvalue weighted by molar-refractivity contribution is -0.144. The maximum Gasteiger partial charge on any atom is 0.309 e. The molecule has 0 N–H and O–H groups in total. The first-order valence-electron chi connectivity index (χ1n) is 4.89. The molecular formula is C10H16O2. The standard InChI is InChI=1S/C10H16O2/c1-6-3-4-8-7(2)12-10(11)9(8)5-6/h6-9H,3-5H2,1-2H3. The average Bonchev–Trinajstić information content (AvgIpc) is 2.28. The molecule has 0 bridgehead atoms. The number of cyclic esters (lactones) is 1. The van der Waals surface area contributed by atoms with E-state index in [2.05, 4.69) is 6.92 Å². The number of esters is 1. The minimum Gasteiger partial charge on any atom is -0.462 e. The van der Waals surface area contributed by atoms with Crippen LogP contribution in [0.25, 0.3) is 0 Å². The van der Waals surface area contributed by atoms with Crippen LogP contribution in [0.2, 0.25) is 0 Å². The third-order valence-electron chi connectivity index (χ3n) is 3.37. The predicted molar refractivity (Wildman–Crippen MR) is 45.5 cm³/mol. The van der Waals surface area contributed by atoms with Gasteiger partial charge in [-0.15, -0.1) is 0 Å². The Morgan fingerprint density at radius 1 is 1.33 bits per heavy atom. The van der Waals surface area contributed by atoms with Crippen molar-refractivity contribution in [2.75, 3.05) is 0 Å². The lowest BCUT2D eigenvalue weighted by Crippen LogP contribution is -2.26. The lowest BCUT2D eigenvalue weighted by Gasteiger charge is -2.27. The number of carbonyl (C=O) groups excluding carboxylic acids is 1. The highest BCUT2D eigenvalue weighted by atomic mass is 16.6. The summed E-state index contributed by atoms with van der Waals surface area (Å²) in [6.45, 7) is 4.26. The van der Waals surface area contributed by atoms with E-state index in [0.29, 0.717) is 11.8 Å². The van der Waals surface area contributed by atoms with E-state index in [1.807, 2.05) is 6.92 Å². The first kappa shape index (κ1) is 8.09. The fourth-order valence-electron chi connectivity index (χ4n) is 2.60. The Labute approximate surface area is 73.3 Å². The smallest absolute Gasteiger partial charge is 0.309 e. The van der Waals surface area contributed by atoms with Gasteiger partial charge in [0.2, 0.25) is 0 Å². The maximum atomic E-state index is 11.3. The van der Waals surface area contributed by atoms with Crippen molar-refractivity contribution in [2.45, 2.75) is 39.2 Å². The number of ether oxygens (including phenoxy) is 1. The van der Waals surface area contributed by atoms with E-state index < -0.39 is 0 Å². The number of hydrogen-bond donors (Lipinski definition) is 0. The number of fused-ring (bicyclic) bond motifs is 1. The van der Waals surface area contributed by atoms with Crippen LogP contribution in [0, 0.1) is 17.8 Å². The van der Waals surface area contributed by atoms with Gasteiger partial charge in [-0.2, -0.15) is 0 Å². The summed E-state index contributed by atoms with van der Waals surface area (Å²) >= 11 is 0. The summed E-state index contributed by atoms with van der Waals surface area (Å²) in [5.74, 6) is 1.51. The zero-order valence-electron chi connectivity index (χ0n) is 7.75. The summed E-state index contributed by atoms with van der Waals surface area (Å²) in [6, 6.07) is 0. The van der Waals surface area contributed by atoms with Crippen LogP contribution in [0.3, 0.4) is 0 Å². The second-order valence-electron chi connectivity index (χ2n) is 4.33. The van der Waals surface area contributed by atoms with E-state index in [9.17, 15) is 4.79 Å². The predicted octanol–water partition coefficient (Wildman–Crippen LogP) is 1.98. The van der Waals surface area contributed by atoms with Crippen LogP contribution in [0.4, 0.5) is 0 Å². The van der Waals surface area contributed by atoms with Crippen molar-refractivity contribution in [3.8, 4) is 0 Å². The highest BCUT2D eigenvalue weighted by Gasteiger charge is 2.44. The molecule has 2 rings (SSSR count). The van der Waals surface area contributed by atoms with E-state index in [4.69, 9.17) is 4.74 Å². The van der Waals surface area contributed by atoms with Gasteiger partial charge in [0.1, 0.15) is 6.10 Å². The highest BCUT2D eigenvalue weighted by molar-refractivity contribution is 5.75. The van der Waals surface area contributed by atoms with E-state index in [0.717, 1.165) is 6.42 Å². The zero-order valence-corrected chi connectivity index (χ0v) is 7.75. The minimum absolute atomic E-state index is 0.0547. The molecule has 2 fully saturated rings. The normalized spacial score (nSPS) is 47.0. The van der Waals surface area contributed by atoms with Gasteiger partial charge in [-0.05, 0) is 25.7 Å². The van der Waals surface area contributed by atoms with Gasteiger partial charge in [-0.3, -0.25) is 4.79 Å². The first-order chi connectivity index (χ1) is 5.68. The first-order valence-corrected chi connectivity index (χ1v) is 4.89. The second-order valence-corrected chi connectivity index (χ2v) is 4.33. The molecule has 1 aliphatic heterocycles. The monoisotopic (exact) mass is 168 g/mol. The fraction of sp³-hybridized carbons (Fsp3) is 0.900. The van der Waals surface area contributed by atoms with Crippen LogP contribution in [-0.2, 0) is 9.53 Å². The van der Waals surface area contributed by atoms with E-state index >= 15 is 0 Å². The van der Waals surface area contributed by atoms with Crippen molar-refractivity contribution in [3.63, 3.8) is 0 Å². The van der Waals surface area contributed by atoms with Gasteiger partial charge >= 0.3 is 5.97 Å². The molecule has 2 heteroatoms. The molecule has 1 saturated heterocycles. The van der Waals surface area contributed by atoms with Crippen molar-refractivity contribution in [1.29, 1.82) is 0 Å². The SMILES string of the molecule is CC1CCC2C(C)OC(=O)C2C1. The van der Waals surface area contributed by atoms with Gasteiger partial charge in [0.25, 0.3) is 0 Å². The largest absolute Gasteiger partial charge is 0.462 e. The number of hydrogen-bond acceptors (Lipinski definition) is 2. The minimum atomic E-state index is 0.0547. The number of carbonyl (C=O) groups is 1. The Morgan fingerprint density at radius 3 is 2.83 bits per heavy atom. The molecule has 0 aromatic carbocycles. The summed E-state index contributed by atoms with van der Waals surface area (Å²) in [5, 5.41) is 0. The average molecular weight is 168 g/mol. The van der Waals surface area contributed by atoms with Gasteiger partial charge < -0.3 is 4.74 Å². The molecule has 2 nitrogen and oxygen atoms in total. The molecule has 1 saturated carbocycles. The van der Waals surface area contributed by atoms with Gasteiger partial charge in [0.05, 0.1) is 5.92 Å². The Kier molecular flexibility index (Phi) is 1.85. The van der Waals surface area contributed by atoms with Crippen LogP contribution in [0.15, 0.2) is 0 Å². The molecular weight excluding hydrogens is 152 g/mol. The van der Waals surface area contributed by atoms with Crippen LogP contribution >= 0.6 is 0 Å². The van der Waals surface area contributed by atoms with Gasteiger partial charge in [-0.25, -0.2) is 0 Å².